The molecule has 2 unspecified atom stereocenters. The SMILES string of the molecule is CCC/C=C/CCCCCCCC1N=CCN1C(C)O. The van der Waals surface area contributed by atoms with Crippen LogP contribution in [0.4, 0.5) is 0 Å². The van der Waals surface area contributed by atoms with Crippen molar-refractivity contribution in [2.24, 2.45) is 4.99 Å². The third kappa shape index (κ3) is 7.20. The Labute approximate surface area is 124 Å². The fraction of sp³-hybridized carbons (Fsp3) is 0.824. The number of allylic oxidation sites excluding steroid dienone is 2. The second kappa shape index (κ2) is 11.0. The van der Waals surface area contributed by atoms with E-state index in [4.69, 9.17) is 0 Å². The normalized spacial score (nSPS) is 21.1. The fourth-order valence-electron chi connectivity index (χ4n) is 2.63. The number of aliphatic imine (C=N–C) groups is 1. The molecule has 116 valence electrons. The van der Waals surface area contributed by atoms with Gasteiger partial charge in [0.15, 0.2) is 0 Å². The monoisotopic (exact) mass is 280 g/mol. The lowest BCUT2D eigenvalue weighted by Gasteiger charge is -2.25. The van der Waals surface area contributed by atoms with E-state index < -0.39 is 0 Å². The molecule has 0 aromatic carbocycles. The van der Waals surface area contributed by atoms with Crippen molar-refractivity contribution in [3.8, 4) is 0 Å². The zero-order valence-corrected chi connectivity index (χ0v) is 13.3. The maximum absolute atomic E-state index is 9.62. The smallest absolute Gasteiger partial charge is 0.106 e. The Balaban J connectivity index is 1.93. The van der Waals surface area contributed by atoms with Crippen molar-refractivity contribution in [3.05, 3.63) is 12.2 Å². The van der Waals surface area contributed by atoms with Gasteiger partial charge in [-0.05, 0) is 39.0 Å². The molecule has 0 aliphatic carbocycles. The van der Waals surface area contributed by atoms with Crippen LogP contribution in [0, 0.1) is 0 Å². The van der Waals surface area contributed by atoms with Crippen LogP contribution in [-0.2, 0) is 0 Å². The predicted octanol–water partition coefficient (Wildman–Crippen LogP) is 4.12. The molecule has 0 aromatic rings. The number of rotatable bonds is 11. The van der Waals surface area contributed by atoms with Gasteiger partial charge in [0, 0.05) is 12.8 Å². The van der Waals surface area contributed by atoms with Gasteiger partial charge in [0.2, 0.25) is 0 Å². The standard InChI is InChI=1S/C17H32N2O/c1-3-4-5-6-7-8-9-10-11-12-13-17-18-14-15-19(17)16(2)20/h5-6,14,16-17,20H,3-4,7-13,15H2,1-2H3/b6-5+. The summed E-state index contributed by atoms with van der Waals surface area (Å²) in [5.41, 5.74) is 0. The van der Waals surface area contributed by atoms with Gasteiger partial charge in [0.25, 0.3) is 0 Å². The minimum Gasteiger partial charge on any atom is -0.379 e. The Hall–Kier alpha value is -0.670. The Bertz CT molecular complexity index is 287. The zero-order chi connectivity index (χ0) is 14.6. The van der Waals surface area contributed by atoms with E-state index in [0.29, 0.717) is 0 Å². The summed E-state index contributed by atoms with van der Waals surface area (Å²) in [6, 6.07) is 0. The van der Waals surface area contributed by atoms with Gasteiger partial charge in [-0.1, -0.05) is 44.8 Å². The van der Waals surface area contributed by atoms with Crippen molar-refractivity contribution < 1.29 is 5.11 Å². The van der Waals surface area contributed by atoms with E-state index in [9.17, 15) is 5.11 Å². The highest BCUT2D eigenvalue weighted by atomic mass is 16.3. The Kier molecular flexibility index (Phi) is 9.60. The van der Waals surface area contributed by atoms with Gasteiger partial charge in [-0.2, -0.15) is 0 Å². The molecule has 0 radical (unpaired) electrons. The summed E-state index contributed by atoms with van der Waals surface area (Å²) in [6.07, 6.45) is 17.7. The van der Waals surface area contributed by atoms with Gasteiger partial charge in [0.05, 0.1) is 0 Å². The van der Waals surface area contributed by atoms with Crippen molar-refractivity contribution in [2.75, 3.05) is 6.54 Å². The predicted molar refractivity (Wildman–Crippen MR) is 87.0 cm³/mol. The van der Waals surface area contributed by atoms with Crippen LogP contribution in [-0.4, -0.2) is 35.2 Å². The summed E-state index contributed by atoms with van der Waals surface area (Å²) in [5, 5.41) is 9.62. The topological polar surface area (TPSA) is 35.8 Å². The molecule has 1 heterocycles. The van der Waals surface area contributed by atoms with Gasteiger partial charge in [-0.3, -0.25) is 9.89 Å². The molecule has 0 saturated heterocycles. The van der Waals surface area contributed by atoms with Crippen LogP contribution >= 0.6 is 0 Å². The fourth-order valence-corrected chi connectivity index (χ4v) is 2.63. The number of aliphatic hydroxyl groups is 1. The highest BCUT2D eigenvalue weighted by Gasteiger charge is 2.23. The van der Waals surface area contributed by atoms with E-state index in [0.717, 1.165) is 13.0 Å². The van der Waals surface area contributed by atoms with E-state index in [-0.39, 0.29) is 12.4 Å². The summed E-state index contributed by atoms with van der Waals surface area (Å²) in [4.78, 5) is 6.50. The van der Waals surface area contributed by atoms with Crippen LogP contribution in [0.2, 0.25) is 0 Å². The van der Waals surface area contributed by atoms with E-state index in [1.165, 1.54) is 51.4 Å². The van der Waals surface area contributed by atoms with Gasteiger partial charge in [0.1, 0.15) is 12.4 Å². The minimum absolute atomic E-state index is 0.215. The van der Waals surface area contributed by atoms with Crippen molar-refractivity contribution >= 4 is 6.21 Å². The first-order chi connectivity index (χ1) is 9.75. The van der Waals surface area contributed by atoms with Gasteiger partial charge in [-0.25, -0.2) is 0 Å². The molecule has 2 atom stereocenters. The molecule has 20 heavy (non-hydrogen) atoms. The lowest BCUT2D eigenvalue weighted by Crippen LogP contribution is -2.37. The summed E-state index contributed by atoms with van der Waals surface area (Å²) < 4.78 is 0. The summed E-state index contributed by atoms with van der Waals surface area (Å²) in [7, 11) is 0. The van der Waals surface area contributed by atoms with E-state index in [1.807, 2.05) is 13.1 Å². The average molecular weight is 280 g/mol. The molecule has 3 nitrogen and oxygen atoms in total. The highest BCUT2D eigenvalue weighted by molar-refractivity contribution is 5.62. The molecule has 0 bridgehead atoms. The number of unbranched alkanes of at least 4 members (excludes halogenated alkanes) is 6. The minimum atomic E-state index is -0.377. The third-order valence-electron chi connectivity index (χ3n) is 3.89. The number of aliphatic hydroxyl groups excluding tert-OH is 1. The molecule has 1 N–H and O–H groups in total. The van der Waals surface area contributed by atoms with Gasteiger partial charge >= 0.3 is 0 Å². The molecule has 0 saturated carbocycles. The van der Waals surface area contributed by atoms with Crippen LogP contribution in [0.3, 0.4) is 0 Å². The summed E-state index contributed by atoms with van der Waals surface area (Å²) >= 11 is 0. The second-order valence-corrected chi connectivity index (χ2v) is 5.75. The van der Waals surface area contributed by atoms with Crippen LogP contribution in [0.5, 0.6) is 0 Å². The first-order valence-electron chi connectivity index (χ1n) is 8.36. The Morgan fingerprint density at radius 2 is 1.90 bits per heavy atom. The first kappa shape index (κ1) is 17.4. The maximum Gasteiger partial charge on any atom is 0.106 e. The van der Waals surface area contributed by atoms with Crippen molar-refractivity contribution in [3.63, 3.8) is 0 Å². The third-order valence-corrected chi connectivity index (χ3v) is 3.89. The van der Waals surface area contributed by atoms with Gasteiger partial charge < -0.3 is 5.11 Å². The lowest BCUT2D eigenvalue weighted by molar-refractivity contribution is 0.00710. The molecule has 0 amide bonds. The number of hydrogen-bond acceptors (Lipinski definition) is 3. The number of hydrogen-bond donors (Lipinski definition) is 1. The van der Waals surface area contributed by atoms with Crippen LogP contribution in [0.25, 0.3) is 0 Å². The molecule has 1 aliphatic rings. The summed E-state index contributed by atoms with van der Waals surface area (Å²) in [5.74, 6) is 0. The largest absolute Gasteiger partial charge is 0.379 e. The Morgan fingerprint density at radius 1 is 1.20 bits per heavy atom. The van der Waals surface area contributed by atoms with Crippen LogP contribution in [0.1, 0.15) is 71.6 Å². The van der Waals surface area contributed by atoms with E-state index >= 15 is 0 Å². The van der Waals surface area contributed by atoms with Crippen LogP contribution in [0.15, 0.2) is 17.1 Å². The van der Waals surface area contributed by atoms with E-state index in [1.54, 1.807) is 0 Å². The molecule has 0 spiro atoms. The molecule has 3 heteroatoms. The molecular weight excluding hydrogens is 248 g/mol. The highest BCUT2D eigenvalue weighted by Crippen LogP contribution is 2.17. The zero-order valence-electron chi connectivity index (χ0n) is 13.3. The molecule has 0 fully saturated rings. The molecule has 0 aromatic heterocycles. The average Bonchev–Trinajstić information content (AvgIpc) is 2.89. The molecule has 1 rings (SSSR count). The van der Waals surface area contributed by atoms with E-state index in [2.05, 4.69) is 29.0 Å². The Morgan fingerprint density at radius 3 is 2.65 bits per heavy atom. The molecule has 1 aliphatic heterocycles. The number of nitrogens with zero attached hydrogens (tertiary/aromatic N) is 2. The molecular formula is C17H32N2O. The van der Waals surface area contributed by atoms with Crippen LogP contribution < -0.4 is 0 Å². The van der Waals surface area contributed by atoms with Gasteiger partial charge in [-0.15, -0.1) is 0 Å². The second-order valence-electron chi connectivity index (χ2n) is 5.75. The maximum atomic E-state index is 9.62. The summed E-state index contributed by atoms with van der Waals surface area (Å²) in [6.45, 7) is 4.84. The van der Waals surface area contributed by atoms with Crippen molar-refractivity contribution in [1.29, 1.82) is 0 Å². The quantitative estimate of drug-likeness (QED) is 0.456. The first-order valence-corrected chi connectivity index (χ1v) is 8.36. The lowest BCUT2D eigenvalue weighted by atomic mass is 10.1. The van der Waals surface area contributed by atoms with Crippen molar-refractivity contribution in [2.45, 2.75) is 84.0 Å². The van der Waals surface area contributed by atoms with Crippen molar-refractivity contribution in [1.82, 2.24) is 4.90 Å².